The highest BCUT2D eigenvalue weighted by Gasteiger charge is 2.30. The average Bonchev–Trinajstić information content (AvgIpc) is 2.81. The van der Waals surface area contributed by atoms with E-state index in [1.165, 1.54) is 4.57 Å². The van der Waals surface area contributed by atoms with Crippen LogP contribution in [-0.4, -0.2) is 33.8 Å². The molecule has 0 spiro atoms. The fourth-order valence-electron chi connectivity index (χ4n) is 2.43. The van der Waals surface area contributed by atoms with Crippen molar-refractivity contribution in [1.82, 2.24) is 9.55 Å². The van der Waals surface area contributed by atoms with Crippen molar-refractivity contribution in [1.29, 1.82) is 0 Å². The summed E-state index contributed by atoms with van der Waals surface area (Å²) in [5, 5.41) is 0. The van der Waals surface area contributed by atoms with Gasteiger partial charge in [-0.15, -0.1) is 6.58 Å². The summed E-state index contributed by atoms with van der Waals surface area (Å²) >= 11 is 0. The number of rotatable bonds is 4. The lowest BCUT2D eigenvalue weighted by Crippen LogP contribution is -2.29. The van der Waals surface area contributed by atoms with Crippen molar-refractivity contribution >= 4 is 23.1 Å². The molecule has 0 aliphatic rings. The van der Waals surface area contributed by atoms with Crippen molar-refractivity contribution < 1.29 is 19.1 Å². The maximum absolute atomic E-state index is 12.7. The molecule has 0 atom stereocenters. The Kier molecular flexibility index (Phi) is 5.07. The van der Waals surface area contributed by atoms with E-state index in [0.717, 1.165) is 0 Å². The first-order valence-electron chi connectivity index (χ1n) is 7.79. The van der Waals surface area contributed by atoms with Gasteiger partial charge in [-0.05, 0) is 46.2 Å². The molecule has 0 fully saturated rings. The van der Waals surface area contributed by atoms with Crippen LogP contribution in [-0.2, 0) is 15.9 Å². The van der Waals surface area contributed by atoms with E-state index in [1.54, 1.807) is 52.1 Å². The first kappa shape index (κ1) is 17.7. The highest BCUT2D eigenvalue weighted by molar-refractivity contribution is 6.03. The number of fused-ring (bicyclic) bond motifs is 1. The molecule has 0 saturated carbocycles. The van der Waals surface area contributed by atoms with Gasteiger partial charge in [0.1, 0.15) is 11.3 Å². The van der Waals surface area contributed by atoms with Gasteiger partial charge in [0.25, 0.3) is 0 Å². The van der Waals surface area contributed by atoms with Crippen LogP contribution in [0.25, 0.3) is 11.0 Å². The quantitative estimate of drug-likeness (QED) is 0.631. The van der Waals surface area contributed by atoms with Gasteiger partial charge >= 0.3 is 12.1 Å². The molecule has 2 aromatic heterocycles. The number of ether oxygens (including phenoxy) is 2. The van der Waals surface area contributed by atoms with E-state index < -0.39 is 17.7 Å². The standard InChI is InChI=1S/C18H22N2O4/c1-6-9-12-14-13(10-8-11-19-14)20(15(12)16(21)23-7-2)17(22)24-18(3,4)5/h6,8,10-11H,1,7,9H2,2-5H3. The number of carbonyl (C=O) groups excluding carboxylic acids is 2. The monoisotopic (exact) mass is 330 g/mol. The van der Waals surface area contributed by atoms with E-state index in [9.17, 15) is 9.59 Å². The van der Waals surface area contributed by atoms with Crippen molar-refractivity contribution in [2.75, 3.05) is 6.61 Å². The number of nitrogens with zero attached hydrogens (tertiary/aromatic N) is 2. The van der Waals surface area contributed by atoms with Crippen molar-refractivity contribution in [2.24, 2.45) is 0 Å². The molecular weight excluding hydrogens is 308 g/mol. The molecule has 0 aliphatic carbocycles. The third kappa shape index (κ3) is 3.48. The van der Waals surface area contributed by atoms with Gasteiger partial charge in [-0.3, -0.25) is 4.98 Å². The van der Waals surface area contributed by atoms with Crippen molar-refractivity contribution in [2.45, 2.75) is 39.7 Å². The second-order valence-electron chi connectivity index (χ2n) is 6.23. The summed E-state index contributed by atoms with van der Waals surface area (Å²) in [6.45, 7) is 10.9. The van der Waals surface area contributed by atoms with E-state index >= 15 is 0 Å². The van der Waals surface area contributed by atoms with Crippen LogP contribution in [0.2, 0.25) is 0 Å². The molecule has 0 bridgehead atoms. The van der Waals surface area contributed by atoms with Crippen molar-refractivity contribution in [3.63, 3.8) is 0 Å². The van der Waals surface area contributed by atoms with E-state index in [2.05, 4.69) is 11.6 Å². The Morgan fingerprint density at radius 1 is 1.38 bits per heavy atom. The molecule has 128 valence electrons. The number of hydrogen-bond acceptors (Lipinski definition) is 5. The first-order valence-corrected chi connectivity index (χ1v) is 7.79. The molecule has 0 radical (unpaired) electrons. The maximum Gasteiger partial charge on any atom is 0.419 e. The van der Waals surface area contributed by atoms with Gasteiger partial charge in [-0.1, -0.05) is 6.08 Å². The van der Waals surface area contributed by atoms with Gasteiger partial charge in [0.15, 0.2) is 0 Å². The number of esters is 1. The lowest BCUT2D eigenvalue weighted by molar-refractivity contribution is 0.0452. The topological polar surface area (TPSA) is 70.4 Å². The minimum absolute atomic E-state index is 0.139. The minimum atomic E-state index is -0.694. The summed E-state index contributed by atoms with van der Waals surface area (Å²) < 4.78 is 11.8. The normalized spacial score (nSPS) is 11.3. The van der Waals surface area contributed by atoms with Crippen LogP contribution in [0.4, 0.5) is 4.79 Å². The number of allylic oxidation sites excluding steroid dienone is 1. The number of carbonyl (C=O) groups is 2. The Bertz CT molecular complexity index is 784. The lowest BCUT2D eigenvalue weighted by atomic mass is 10.1. The summed E-state index contributed by atoms with van der Waals surface area (Å²) in [5.41, 5.74) is 1.11. The smallest absolute Gasteiger partial charge is 0.419 e. The molecule has 2 rings (SSSR count). The van der Waals surface area contributed by atoms with E-state index in [-0.39, 0.29) is 12.3 Å². The van der Waals surface area contributed by atoms with Gasteiger partial charge in [0.05, 0.1) is 17.6 Å². The summed E-state index contributed by atoms with van der Waals surface area (Å²) in [5.74, 6) is -0.585. The molecule has 0 aromatic carbocycles. The summed E-state index contributed by atoms with van der Waals surface area (Å²) in [4.78, 5) is 29.5. The first-order chi connectivity index (χ1) is 11.3. The number of pyridine rings is 1. The van der Waals surface area contributed by atoms with Crippen LogP contribution in [0.5, 0.6) is 0 Å². The Hall–Kier alpha value is -2.63. The molecule has 6 nitrogen and oxygen atoms in total. The molecule has 0 amide bonds. The molecule has 0 aliphatic heterocycles. The zero-order chi connectivity index (χ0) is 17.9. The SMILES string of the molecule is C=CCc1c(C(=O)OCC)n(C(=O)OC(C)(C)C)c2cccnc12. The average molecular weight is 330 g/mol. The highest BCUT2D eigenvalue weighted by atomic mass is 16.6. The second-order valence-corrected chi connectivity index (χ2v) is 6.23. The molecule has 0 unspecified atom stereocenters. The van der Waals surface area contributed by atoms with Gasteiger partial charge in [0, 0.05) is 11.8 Å². The predicted molar refractivity (Wildman–Crippen MR) is 91.2 cm³/mol. The van der Waals surface area contributed by atoms with Gasteiger partial charge in [0.2, 0.25) is 0 Å². The minimum Gasteiger partial charge on any atom is -0.461 e. The van der Waals surface area contributed by atoms with Crippen molar-refractivity contribution in [3.05, 3.63) is 42.2 Å². The molecular formula is C18H22N2O4. The van der Waals surface area contributed by atoms with Gasteiger partial charge < -0.3 is 9.47 Å². The zero-order valence-electron chi connectivity index (χ0n) is 14.5. The Labute approximate surface area is 141 Å². The van der Waals surface area contributed by atoms with Crippen LogP contribution in [0, 0.1) is 0 Å². The van der Waals surface area contributed by atoms with E-state index in [0.29, 0.717) is 23.0 Å². The molecule has 24 heavy (non-hydrogen) atoms. The summed E-state index contributed by atoms with van der Waals surface area (Å²) in [7, 11) is 0. The second kappa shape index (κ2) is 6.86. The zero-order valence-corrected chi connectivity index (χ0v) is 14.5. The van der Waals surface area contributed by atoms with Crippen LogP contribution < -0.4 is 0 Å². The van der Waals surface area contributed by atoms with Crippen LogP contribution in [0.1, 0.15) is 43.7 Å². The Morgan fingerprint density at radius 2 is 2.08 bits per heavy atom. The highest BCUT2D eigenvalue weighted by Crippen LogP contribution is 2.27. The fourth-order valence-corrected chi connectivity index (χ4v) is 2.43. The summed E-state index contributed by atoms with van der Waals surface area (Å²) in [6.07, 6.45) is 3.02. The lowest BCUT2D eigenvalue weighted by Gasteiger charge is -2.20. The molecule has 2 heterocycles. The Balaban J connectivity index is 2.74. The largest absolute Gasteiger partial charge is 0.461 e. The predicted octanol–water partition coefficient (Wildman–Crippen LogP) is 3.72. The molecule has 0 N–H and O–H groups in total. The maximum atomic E-state index is 12.7. The third-order valence-corrected chi connectivity index (χ3v) is 3.22. The van der Waals surface area contributed by atoms with Gasteiger partial charge in [-0.25, -0.2) is 14.2 Å². The van der Waals surface area contributed by atoms with Crippen LogP contribution in [0.3, 0.4) is 0 Å². The van der Waals surface area contributed by atoms with Crippen LogP contribution in [0.15, 0.2) is 31.0 Å². The molecule has 0 saturated heterocycles. The van der Waals surface area contributed by atoms with E-state index in [1.807, 2.05) is 0 Å². The Morgan fingerprint density at radius 3 is 2.67 bits per heavy atom. The number of hydrogen-bond donors (Lipinski definition) is 0. The van der Waals surface area contributed by atoms with Gasteiger partial charge in [-0.2, -0.15) is 0 Å². The molecule has 2 aromatic rings. The number of aromatic nitrogens is 2. The van der Waals surface area contributed by atoms with Crippen LogP contribution >= 0.6 is 0 Å². The molecule has 6 heteroatoms. The van der Waals surface area contributed by atoms with E-state index in [4.69, 9.17) is 9.47 Å². The fraction of sp³-hybridized carbons (Fsp3) is 0.389. The summed E-state index contributed by atoms with van der Waals surface area (Å²) in [6, 6.07) is 3.43. The third-order valence-electron chi connectivity index (χ3n) is 3.22. The van der Waals surface area contributed by atoms with Crippen molar-refractivity contribution in [3.8, 4) is 0 Å².